The average Bonchev–Trinajstić information content (AvgIpc) is 3.48. The maximum atomic E-state index is 13.1. The third-order valence-corrected chi connectivity index (χ3v) is 6.16. The van der Waals surface area contributed by atoms with Crippen LogP contribution in [0.3, 0.4) is 0 Å². The monoisotopic (exact) mass is 450 g/mol. The fourth-order valence-electron chi connectivity index (χ4n) is 4.14. The summed E-state index contributed by atoms with van der Waals surface area (Å²) in [6.45, 7) is 2.91. The number of anilines is 1. The number of ether oxygens (including phenoxy) is 1. The Hall–Kier alpha value is -3.39. The van der Waals surface area contributed by atoms with Gasteiger partial charge in [0.1, 0.15) is 18.0 Å². The number of piperazine rings is 1. The first-order valence-electron chi connectivity index (χ1n) is 10.5. The Kier molecular flexibility index (Phi) is 5.53. The molecule has 4 heterocycles. The Balaban J connectivity index is 1.28. The highest BCUT2D eigenvalue weighted by Crippen LogP contribution is 2.30. The molecule has 0 saturated carbocycles. The first-order valence-corrected chi connectivity index (χ1v) is 10.9. The van der Waals surface area contributed by atoms with Gasteiger partial charge in [0.25, 0.3) is 0 Å². The zero-order chi connectivity index (χ0) is 22.1. The van der Waals surface area contributed by atoms with E-state index in [0.29, 0.717) is 29.5 Å². The van der Waals surface area contributed by atoms with Crippen molar-refractivity contribution in [3.63, 3.8) is 0 Å². The van der Waals surface area contributed by atoms with Crippen LogP contribution >= 0.6 is 11.6 Å². The van der Waals surface area contributed by atoms with Gasteiger partial charge in [0.15, 0.2) is 5.65 Å². The Morgan fingerprint density at radius 3 is 2.78 bits per heavy atom. The van der Waals surface area contributed by atoms with Crippen LogP contribution in [-0.4, -0.2) is 64.6 Å². The third kappa shape index (κ3) is 3.82. The van der Waals surface area contributed by atoms with Crippen molar-refractivity contribution in [2.75, 3.05) is 38.2 Å². The molecule has 1 amide bonds. The number of benzene rings is 1. The number of aliphatic imine (C=N–C) groups is 1. The molecule has 0 unspecified atom stereocenters. The summed E-state index contributed by atoms with van der Waals surface area (Å²) >= 11 is 6.14. The number of pyridine rings is 1. The number of amides is 1. The number of rotatable bonds is 5. The predicted molar refractivity (Wildman–Crippen MR) is 125 cm³/mol. The van der Waals surface area contributed by atoms with Crippen molar-refractivity contribution >= 4 is 39.9 Å². The van der Waals surface area contributed by atoms with E-state index in [-0.39, 0.29) is 12.5 Å². The molecule has 1 aromatic carbocycles. The Morgan fingerprint density at radius 1 is 1.19 bits per heavy atom. The molecule has 0 radical (unpaired) electrons. The van der Waals surface area contributed by atoms with Crippen LogP contribution in [0.25, 0.3) is 11.0 Å². The molecule has 0 aliphatic carbocycles. The zero-order valence-electron chi connectivity index (χ0n) is 17.7. The van der Waals surface area contributed by atoms with E-state index in [0.717, 1.165) is 42.0 Å². The van der Waals surface area contributed by atoms with Crippen molar-refractivity contribution < 1.29 is 9.53 Å². The lowest BCUT2D eigenvalue weighted by Gasteiger charge is -2.36. The number of methoxy groups -OCH3 is 1. The molecule has 32 heavy (non-hydrogen) atoms. The number of hydrogen-bond acceptors (Lipinski definition) is 6. The summed E-state index contributed by atoms with van der Waals surface area (Å²) in [7, 11) is 1.61. The fourth-order valence-corrected chi connectivity index (χ4v) is 4.33. The first-order chi connectivity index (χ1) is 15.6. The van der Waals surface area contributed by atoms with E-state index >= 15 is 0 Å². The lowest BCUT2D eigenvalue weighted by Crippen LogP contribution is -2.49. The molecule has 3 aromatic rings. The SMILES string of the molecule is COc1cc(N2CCN(C(=O)Cn3nc(C4=NC=CC4)c4cccnc43)CC2)ccc1Cl. The summed E-state index contributed by atoms with van der Waals surface area (Å²) < 4.78 is 7.02. The molecule has 5 rings (SSSR count). The highest BCUT2D eigenvalue weighted by Gasteiger charge is 2.24. The quantitative estimate of drug-likeness (QED) is 0.597. The second-order valence-corrected chi connectivity index (χ2v) is 8.14. The fraction of sp³-hybridized carbons (Fsp3) is 0.304. The van der Waals surface area contributed by atoms with Gasteiger partial charge in [-0.05, 0) is 24.3 Å². The number of aromatic nitrogens is 3. The van der Waals surface area contributed by atoms with Crippen molar-refractivity contribution in [2.45, 2.75) is 13.0 Å². The van der Waals surface area contributed by atoms with Gasteiger partial charge in [-0.2, -0.15) is 5.10 Å². The third-order valence-electron chi connectivity index (χ3n) is 5.84. The largest absolute Gasteiger partial charge is 0.495 e. The second-order valence-electron chi connectivity index (χ2n) is 7.73. The van der Waals surface area contributed by atoms with Gasteiger partial charge in [-0.15, -0.1) is 0 Å². The van der Waals surface area contributed by atoms with Gasteiger partial charge in [0, 0.05) is 62.1 Å². The Morgan fingerprint density at radius 2 is 2.03 bits per heavy atom. The highest BCUT2D eigenvalue weighted by molar-refractivity contribution is 6.32. The molecule has 9 heteroatoms. The van der Waals surface area contributed by atoms with Gasteiger partial charge in [0.05, 0.1) is 17.8 Å². The van der Waals surface area contributed by atoms with Crippen LogP contribution in [0.15, 0.2) is 53.8 Å². The van der Waals surface area contributed by atoms with E-state index in [1.807, 2.05) is 41.3 Å². The average molecular weight is 451 g/mol. The van der Waals surface area contributed by atoms with E-state index in [9.17, 15) is 4.79 Å². The minimum absolute atomic E-state index is 0.0337. The standard InChI is InChI=1S/C23H23ClN6O2/c1-32-20-14-16(6-7-18(20)24)28-10-12-29(13-11-28)21(31)15-30-23-17(4-2-9-26-23)22(27-30)19-5-3-8-25-19/h2-4,6-9,14H,5,10-13,15H2,1H3. The number of allylic oxidation sites excluding steroid dienone is 1. The van der Waals surface area contributed by atoms with Gasteiger partial charge in [-0.25, -0.2) is 9.67 Å². The minimum Gasteiger partial charge on any atom is -0.495 e. The smallest absolute Gasteiger partial charge is 0.244 e. The van der Waals surface area contributed by atoms with Crippen molar-refractivity contribution in [3.05, 3.63) is 59.5 Å². The molecule has 0 atom stereocenters. The van der Waals surface area contributed by atoms with Gasteiger partial charge in [0.2, 0.25) is 5.91 Å². The van der Waals surface area contributed by atoms with Crippen molar-refractivity contribution in [1.29, 1.82) is 0 Å². The van der Waals surface area contributed by atoms with Crippen molar-refractivity contribution in [1.82, 2.24) is 19.7 Å². The van der Waals surface area contributed by atoms with Gasteiger partial charge < -0.3 is 14.5 Å². The molecular formula is C23H23ClN6O2. The summed E-state index contributed by atoms with van der Waals surface area (Å²) in [5.41, 5.74) is 3.45. The van der Waals surface area contributed by atoms with Crippen LogP contribution in [0.2, 0.25) is 5.02 Å². The van der Waals surface area contributed by atoms with E-state index in [1.165, 1.54) is 0 Å². The molecule has 0 bridgehead atoms. The lowest BCUT2D eigenvalue weighted by molar-refractivity contribution is -0.132. The van der Waals surface area contributed by atoms with Crippen LogP contribution in [0.1, 0.15) is 12.1 Å². The van der Waals surface area contributed by atoms with Crippen molar-refractivity contribution in [3.8, 4) is 5.75 Å². The number of fused-ring (bicyclic) bond motifs is 1. The summed E-state index contributed by atoms with van der Waals surface area (Å²) in [5.74, 6) is 0.685. The van der Waals surface area contributed by atoms with Crippen LogP contribution in [0.4, 0.5) is 5.69 Å². The summed E-state index contributed by atoms with van der Waals surface area (Å²) in [5, 5.41) is 6.20. The van der Waals surface area contributed by atoms with E-state index in [1.54, 1.807) is 24.2 Å². The summed E-state index contributed by atoms with van der Waals surface area (Å²) in [6, 6.07) is 9.61. The van der Waals surface area contributed by atoms with E-state index < -0.39 is 0 Å². The van der Waals surface area contributed by atoms with Crippen LogP contribution in [0.5, 0.6) is 5.75 Å². The number of hydrogen-bond donors (Lipinski definition) is 0. The number of nitrogens with zero attached hydrogens (tertiary/aromatic N) is 6. The normalized spacial score (nSPS) is 16.0. The number of halogens is 1. The Bertz CT molecular complexity index is 1230. The van der Waals surface area contributed by atoms with Gasteiger partial charge in [-0.3, -0.25) is 9.79 Å². The molecule has 1 saturated heterocycles. The molecule has 0 N–H and O–H groups in total. The number of carbonyl (C=O) groups is 1. The summed E-state index contributed by atoms with van der Waals surface area (Å²) in [6.07, 6.45) is 6.25. The van der Waals surface area contributed by atoms with Crippen LogP contribution in [-0.2, 0) is 11.3 Å². The zero-order valence-corrected chi connectivity index (χ0v) is 18.5. The van der Waals surface area contributed by atoms with Gasteiger partial charge in [-0.1, -0.05) is 17.7 Å². The molecule has 0 spiro atoms. The van der Waals surface area contributed by atoms with Gasteiger partial charge >= 0.3 is 0 Å². The number of carbonyl (C=O) groups excluding carboxylic acids is 1. The molecular weight excluding hydrogens is 428 g/mol. The van der Waals surface area contributed by atoms with E-state index in [2.05, 4.69) is 14.9 Å². The second kappa shape index (κ2) is 8.63. The molecule has 1 fully saturated rings. The molecule has 2 aromatic heterocycles. The topological polar surface area (TPSA) is 75.8 Å². The molecule has 8 nitrogen and oxygen atoms in total. The maximum absolute atomic E-state index is 13.1. The van der Waals surface area contributed by atoms with Crippen molar-refractivity contribution in [2.24, 2.45) is 4.99 Å². The molecule has 2 aliphatic heterocycles. The molecule has 164 valence electrons. The van der Waals surface area contributed by atoms with Crippen LogP contribution in [0, 0.1) is 0 Å². The van der Waals surface area contributed by atoms with E-state index in [4.69, 9.17) is 21.4 Å². The molecule has 2 aliphatic rings. The maximum Gasteiger partial charge on any atom is 0.244 e. The summed E-state index contributed by atoms with van der Waals surface area (Å²) in [4.78, 5) is 26.1. The minimum atomic E-state index is 0.0337. The Labute approximate surface area is 190 Å². The predicted octanol–water partition coefficient (Wildman–Crippen LogP) is 3.15. The highest BCUT2D eigenvalue weighted by atomic mass is 35.5. The lowest BCUT2D eigenvalue weighted by atomic mass is 10.1. The first kappa shape index (κ1) is 20.5. The van der Waals surface area contributed by atoms with Crippen LogP contribution < -0.4 is 9.64 Å².